The molecule has 0 saturated heterocycles. The molecule has 0 fully saturated rings. The van der Waals surface area contributed by atoms with Crippen LogP contribution in [0.1, 0.15) is 0 Å². The van der Waals surface area contributed by atoms with Gasteiger partial charge in [-0.3, -0.25) is 0 Å². The average molecular weight is 217 g/mol. The molecular formula is C9H19NO3Si. The lowest BCUT2D eigenvalue weighted by atomic mass is 10.2. The summed E-state index contributed by atoms with van der Waals surface area (Å²) in [7, 11) is 4.56. The van der Waals surface area contributed by atoms with E-state index in [4.69, 9.17) is 13.3 Å². The van der Waals surface area contributed by atoms with Crippen molar-refractivity contribution in [3.63, 3.8) is 0 Å². The Morgan fingerprint density at radius 2 is 1.79 bits per heavy atom. The topological polar surface area (TPSA) is 30.9 Å². The minimum absolute atomic E-state index is 0.237. The zero-order valence-electron chi connectivity index (χ0n) is 9.32. The van der Waals surface area contributed by atoms with E-state index in [1.54, 1.807) is 21.3 Å². The first-order chi connectivity index (χ1) is 6.68. The summed E-state index contributed by atoms with van der Waals surface area (Å²) < 4.78 is 16.3. The van der Waals surface area contributed by atoms with Crippen LogP contribution < -0.4 is 0 Å². The highest BCUT2D eigenvalue weighted by molar-refractivity contribution is 6.63. The van der Waals surface area contributed by atoms with E-state index < -0.39 is 8.80 Å². The van der Waals surface area contributed by atoms with Gasteiger partial charge >= 0.3 is 8.80 Å². The summed E-state index contributed by atoms with van der Waals surface area (Å²) in [4.78, 5) is 2.23. The van der Waals surface area contributed by atoms with Crippen molar-refractivity contribution in [3.8, 4) is 0 Å². The minimum Gasteiger partial charge on any atom is -0.376 e. The van der Waals surface area contributed by atoms with Crippen LogP contribution in [0.15, 0.2) is 12.2 Å². The standard InChI is InChI=1S/C9H19NO3Si/c1-10-7-5-6-9(8-10)14(11-2,12-3)13-4/h5-6,9H,7-8H2,1-4H3. The van der Waals surface area contributed by atoms with Crippen molar-refractivity contribution in [3.05, 3.63) is 12.2 Å². The van der Waals surface area contributed by atoms with Crippen LogP contribution in [0.25, 0.3) is 0 Å². The lowest BCUT2D eigenvalue weighted by Crippen LogP contribution is -2.51. The molecule has 14 heavy (non-hydrogen) atoms. The molecule has 0 N–H and O–H groups in total. The first-order valence-electron chi connectivity index (χ1n) is 4.69. The van der Waals surface area contributed by atoms with Crippen molar-refractivity contribution in [2.24, 2.45) is 0 Å². The first kappa shape index (κ1) is 11.9. The summed E-state index contributed by atoms with van der Waals surface area (Å²) in [5.41, 5.74) is 0.237. The van der Waals surface area contributed by atoms with Crippen LogP contribution in [0.5, 0.6) is 0 Å². The van der Waals surface area contributed by atoms with Gasteiger partial charge in [0, 0.05) is 34.4 Å². The van der Waals surface area contributed by atoms with Crippen LogP contribution in [-0.4, -0.2) is 55.2 Å². The molecule has 0 radical (unpaired) electrons. The molecule has 5 heteroatoms. The largest absolute Gasteiger partial charge is 0.508 e. The molecule has 1 aliphatic heterocycles. The lowest BCUT2D eigenvalue weighted by Gasteiger charge is -2.34. The summed E-state index contributed by atoms with van der Waals surface area (Å²) in [6.07, 6.45) is 4.27. The van der Waals surface area contributed by atoms with Crippen molar-refractivity contribution >= 4 is 8.80 Å². The van der Waals surface area contributed by atoms with Crippen molar-refractivity contribution in [2.75, 3.05) is 41.5 Å². The van der Waals surface area contributed by atoms with Gasteiger partial charge in [0.2, 0.25) is 0 Å². The normalized spacial score (nSPS) is 24.1. The van der Waals surface area contributed by atoms with Gasteiger partial charge in [0.15, 0.2) is 0 Å². The Bertz CT molecular complexity index is 198. The molecule has 4 nitrogen and oxygen atoms in total. The fraction of sp³-hybridized carbons (Fsp3) is 0.778. The minimum atomic E-state index is -2.49. The molecule has 0 saturated carbocycles. The van der Waals surface area contributed by atoms with E-state index in [1.165, 1.54) is 0 Å². The van der Waals surface area contributed by atoms with Gasteiger partial charge in [0.25, 0.3) is 0 Å². The van der Waals surface area contributed by atoms with Gasteiger partial charge in [-0.25, -0.2) is 0 Å². The number of rotatable bonds is 4. The third kappa shape index (κ3) is 2.24. The van der Waals surface area contributed by atoms with E-state index >= 15 is 0 Å². The molecule has 0 bridgehead atoms. The quantitative estimate of drug-likeness (QED) is 0.513. The molecule has 1 atom stereocenters. The first-order valence-corrected chi connectivity index (χ1v) is 6.49. The van der Waals surface area contributed by atoms with Gasteiger partial charge in [-0.1, -0.05) is 12.2 Å². The molecule has 0 aromatic rings. The summed E-state index contributed by atoms with van der Waals surface area (Å²) >= 11 is 0. The number of hydrogen-bond acceptors (Lipinski definition) is 4. The Labute approximate surface area is 86.8 Å². The van der Waals surface area contributed by atoms with E-state index in [9.17, 15) is 0 Å². The highest BCUT2D eigenvalue weighted by atomic mass is 28.4. The van der Waals surface area contributed by atoms with E-state index in [0.717, 1.165) is 13.1 Å². The van der Waals surface area contributed by atoms with Crippen LogP contribution in [-0.2, 0) is 13.3 Å². The second-order valence-corrected chi connectivity index (χ2v) is 6.65. The second-order valence-electron chi connectivity index (χ2n) is 3.47. The molecule has 0 amide bonds. The van der Waals surface area contributed by atoms with E-state index in [1.807, 2.05) is 0 Å². The van der Waals surface area contributed by atoms with Crippen molar-refractivity contribution in [1.82, 2.24) is 4.90 Å². The number of hydrogen-bond donors (Lipinski definition) is 0. The average Bonchev–Trinajstić information content (AvgIpc) is 2.22. The van der Waals surface area contributed by atoms with Crippen molar-refractivity contribution < 1.29 is 13.3 Å². The lowest BCUT2D eigenvalue weighted by molar-refractivity contribution is 0.110. The monoisotopic (exact) mass is 217 g/mol. The Kier molecular flexibility index (Phi) is 4.27. The van der Waals surface area contributed by atoms with Gasteiger partial charge in [-0.2, -0.15) is 0 Å². The highest BCUT2D eigenvalue weighted by Gasteiger charge is 2.46. The molecule has 1 unspecified atom stereocenters. The Balaban J connectivity index is 2.77. The van der Waals surface area contributed by atoms with Crippen molar-refractivity contribution in [2.45, 2.75) is 5.54 Å². The van der Waals surface area contributed by atoms with Gasteiger partial charge in [-0.15, -0.1) is 0 Å². The van der Waals surface area contributed by atoms with Gasteiger partial charge < -0.3 is 18.2 Å². The molecule has 0 aromatic heterocycles. The molecule has 0 aromatic carbocycles. The van der Waals surface area contributed by atoms with Crippen molar-refractivity contribution in [1.29, 1.82) is 0 Å². The van der Waals surface area contributed by atoms with E-state index in [0.29, 0.717) is 0 Å². The molecule has 1 heterocycles. The Morgan fingerprint density at radius 3 is 2.21 bits per heavy atom. The SMILES string of the molecule is CO[Si](OC)(OC)C1C=CCN(C)C1. The summed E-state index contributed by atoms with van der Waals surface area (Å²) in [5.74, 6) is 0. The Hall–Kier alpha value is -0.203. The fourth-order valence-corrected chi connectivity index (χ4v) is 4.13. The maximum Gasteiger partial charge on any atom is 0.508 e. The number of nitrogens with zero attached hydrogens (tertiary/aromatic N) is 1. The zero-order valence-corrected chi connectivity index (χ0v) is 10.3. The van der Waals surface area contributed by atoms with E-state index in [2.05, 4.69) is 24.1 Å². The third-order valence-electron chi connectivity index (χ3n) is 2.60. The maximum absolute atomic E-state index is 5.44. The maximum atomic E-state index is 5.44. The molecule has 82 valence electrons. The van der Waals surface area contributed by atoms with E-state index in [-0.39, 0.29) is 5.54 Å². The predicted molar refractivity (Wildman–Crippen MR) is 57.2 cm³/mol. The molecule has 1 aliphatic rings. The smallest absolute Gasteiger partial charge is 0.376 e. The molecular weight excluding hydrogens is 198 g/mol. The molecule has 0 spiro atoms. The van der Waals surface area contributed by atoms with Crippen LogP contribution in [0.3, 0.4) is 0 Å². The summed E-state index contributed by atoms with van der Waals surface area (Å²) in [5, 5.41) is 0. The van der Waals surface area contributed by atoms with Gasteiger partial charge in [0.1, 0.15) is 0 Å². The van der Waals surface area contributed by atoms with Crippen LogP contribution in [0, 0.1) is 0 Å². The Morgan fingerprint density at radius 1 is 1.21 bits per heavy atom. The summed E-state index contributed by atoms with van der Waals surface area (Å²) in [6, 6.07) is 0. The molecule has 1 rings (SSSR count). The third-order valence-corrected chi connectivity index (χ3v) is 5.59. The van der Waals surface area contributed by atoms with Crippen LogP contribution >= 0.6 is 0 Å². The zero-order chi connectivity index (χ0) is 10.6. The molecule has 0 aliphatic carbocycles. The summed E-state index contributed by atoms with van der Waals surface area (Å²) in [6.45, 7) is 1.91. The van der Waals surface area contributed by atoms with Crippen LogP contribution in [0.2, 0.25) is 5.54 Å². The second kappa shape index (κ2) is 5.04. The number of likely N-dealkylation sites (N-methyl/N-ethyl adjacent to an activating group) is 1. The predicted octanol–water partition coefficient (Wildman–Crippen LogP) is 0.736. The van der Waals surface area contributed by atoms with Gasteiger partial charge in [-0.05, 0) is 7.05 Å². The van der Waals surface area contributed by atoms with Crippen LogP contribution in [0.4, 0.5) is 0 Å². The fourth-order valence-electron chi connectivity index (χ4n) is 1.81. The highest BCUT2D eigenvalue weighted by Crippen LogP contribution is 2.28. The van der Waals surface area contributed by atoms with Gasteiger partial charge in [0.05, 0.1) is 5.54 Å².